The average molecular weight is 564 g/mol. The smallest absolute Gasteiger partial charge is 0.534 e. The van der Waals surface area contributed by atoms with Crippen LogP contribution in [0, 0.1) is 0 Å². The first-order valence-corrected chi connectivity index (χ1v) is 13.5. The molecule has 0 bridgehead atoms. The van der Waals surface area contributed by atoms with Gasteiger partial charge in [0.05, 0.1) is 22.4 Å². The van der Waals surface area contributed by atoms with Gasteiger partial charge in [0.1, 0.15) is 17.4 Å². The zero-order valence-corrected chi connectivity index (χ0v) is 21.4. The van der Waals surface area contributed by atoms with E-state index in [1.54, 1.807) is 28.8 Å². The number of carboxylic acids is 1. The molecule has 5 rings (SSSR count). The summed E-state index contributed by atoms with van der Waals surface area (Å²) in [6.45, 7) is 0. The van der Waals surface area contributed by atoms with Gasteiger partial charge in [0.25, 0.3) is 5.91 Å². The Morgan fingerprint density at radius 2 is 1.85 bits per heavy atom. The van der Waals surface area contributed by atoms with Gasteiger partial charge >= 0.3 is 20.7 Å². The number of para-hydroxylation sites is 1. The number of aromatic nitrogens is 2. The fourth-order valence-electron chi connectivity index (χ4n) is 4.40. The van der Waals surface area contributed by atoms with Gasteiger partial charge in [0.15, 0.2) is 0 Å². The molecule has 1 aliphatic rings. The number of carbonyl (C=O) groups is 3. The molecule has 1 aliphatic heterocycles. The number of aromatic carboxylic acids is 1. The molecule has 15 heteroatoms. The number of carbonyl (C=O) groups excluding carboxylic acids is 2. The first-order chi connectivity index (χ1) is 19.0. The summed E-state index contributed by atoms with van der Waals surface area (Å²) in [6.07, 6.45) is 4.60. The van der Waals surface area contributed by atoms with Crippen LogP contribution in [-0.4, -0.2) is 60.1 Å². The zero-order chi connectivity index (χ0) is 28.6. The van der Waals surface area contributed by atoms with Crippen LogP contribution in [0.15, 0.2) is 73.2 Å². The zero-order valence-electron chi connectivity index (χ0n) is 20.5. The van der Waals surface area contributed by atoms with Crippen LogP contribution in [0.5, 0.6) is 5.75 Å². The maximum atomic E-state index is 13.5. The van der Waals surface area contributed by atoms with E-state index in [0.717, 1.165) is 12.1 Å². The number of fused-ring (bicyclic) bond motifs is 2. The number of carboxylic acid groups (broad SMARTS) is 1. The van der Waals surface area contributed by atoms with Gasteiger partial charge in [-0.05, 0) is 47.9 Å². The number of hydrogen-bond acceptors (Lipinski definition) is 7. The van der Waals surface area contributed by atoms with Gasteiger partial charge in [-0.2, -0.15) is 0 Å². The van der Waals surface area contributed by atoms with Crippen molar-refractivity contribution in [1.29, 1.82) is 0 Å². The molecule has 204 valence electrons. The Morgan fingerprint density at radius 3 is 2.55 bits per heavy atom. The summed E-state index contributed by atoms with van der Waals surface area (Å²) in [6, 6.07) is 11.5. The largest absolute Gasteiger partial charge is 0.547 e. The fraction of sp³-hybridized carbons (Fsp3) is 0.120. The topological polar surface area (TPSA) is 200 Å². The quantitative estimate of drug-likeness (QED) is 0.135. The maximum Gasteiger partial charge on any atom is 0.547 e. The Morgan fingerprint density at radius 1 is 1.10 bits per heavy atom. The molecule has 40 heavy (non-hydrogen) atoms. The van der Waals surface area contributed by atoms with Crippen LogP contribution < -0.4 is 20.6 Å². The molecular formula is C25H22BN4O9P. The molecule has 2 aromatic carbocycles. The normalized spacial score (nSPS) is 15.6. The molecule has 13 nitrogen and oxygen atoms in total. The number of amides is 2. The molecule has 3 heterocycles. The number of nitrogens with one attached hydrogen (secondary N) is 2. The van der Waals surface area contributed by atoms with E-state index < -0.39 is 44.5 Å². The molecule has 4 aromatic rings. The molecule has 2 atom stereocenters. The van der Waals surface area contributed by atoms with Gasteiger partial charge in [0.2, 0.25) is 5.91 Å². The Labute approximate surface area is 226 Å². The van der Waals surface area contributed by atoms with E-state index in [9.17, 15) is 38.9 Å². The molecule has 0 radical (unpaired) electrons. The van der Waals surface area contributed by atoms with E-state index in [2.05, 4.69) is 15.6 Å². The standard InChI is InChI=1S/C25H22BN4O9P/c31-23(16-12-27-20-5-2-10-30(20)13-16)29-21(14-6-8-17(9-7-14)40(36,37)38)24(32)28-19-11-15-3-1-4-18(25(33)34)22(15)39-26(19)35/h1-10,12-13,19,21,35H,11H2,(H,28,32)(H,29,31)(H,33,34)(H2,36,37,38)/t19-,21+/m0/s1. The summed E-state index contributed by atoms with van der Waals surface area (Å²) in [5.41, 5.74) is 1.27. The third-order valence-corrected chi connectivity index (χ3v) is 7.38. The molecule has 0 saturated heterocycles. The summed E-state index contributed by atoms with van der Waals surface area (Å²) in [4.78, 5) is 61.3. The highest BCUT2D eigenvalue weighted by Crippen LogP contribution is 2.33. The van der Waals surface area contributed by atoms with Gasteiger partial charge in [0, 0.05) is 18.6 Å². The SMILES string of the molecule is O=C(N[C@@H](C(=O)N[C@H]1Cc2cccc(C(=O)O)c2OB1O)c1ccc(P(=O)(O)O)cc1)c1cnc2cccn2c1. The lowest BCUT2D eigenvalue weighted by molar-refractivity contribution is -0.123. The molecular weight excluding hydrogens is 542 g/mol. The number of rotatable bonds is 7. The molecule has 0 saturated carbocycles. The second-order valence-corrected chi connectivity index (χ2v) is 10.7. The molecule has 2 amide bonds. The lowest BCUT2D eigenvalue weighted by Crippen LogP contribution is -2.55. The average Bonchev–Trinajstić information content (AvgIpc) is 3.39. The summed E-state index contributed by atoms with van der Waals surface area (Å²) in [5, 5.41) is 25.0. The minimum atomic E-state index is -4.55. The van der Waals surface area contributed by atoms with Gasteiger partial charge in [-0.1, -0.05) is 24.3 Å². The van der Waals surface area contributed by atoms with Crippen molar-refractivity contribution in [2.75, 3.05) is 0 Å². The summed E-state index contributed by atoms with van der Waals surface area (Å²) >= 11 is 0. The third-order valence-electron chi connectivity index (χ3n) is 6.41. The summed E-state index contributed by atoms with van der Waals surface area (Å²) in [7, 11) is -6.15. The van der Waals surface area contributed by atoms with E-state index in [4.69, 9.17) is 4.65 Å². The van der Waals surface area contributed by atoms with Crippen molar-refractivity contribution in [3.05, 3.63) is 95.4 Å². The Bertz CT molecular complexity index is 1670. The number of benzene rings is 2. The van der Waals surface area contributed by atoms with Crippen LogP contribution in [0.3, 0.4) is 0 Å². The predicted octanol–water partition coefficient (Wildman–Crippen LogP) is 0.446. The highest BCUT2D eigenvalue weighted by molar-refractivity contribution is 7.60. The van der Waals surface area contributed by atoms with Crippen molar-refractivity contribution in [2.45, 2.75) is 18.4 Å². The van der Waals surface area contributed by atoms with Crippen LogP contribution in [0.1, 0.15) is 37.9 Å². The van der Waals surface area contributed by atoms with Crippen molar-refractivity contribution in [3.63, 3.8) is 0 Å². The lowest BCUT2D eigenvalue weighted by atomic mass is 9.72. The first kappa shape index (κ1) is 27.1. The molecule has 0 fully saturated rings. The highest BCUT2D eigenvalue weighted by atomic mass is 31.2. The summed E-state index contributed by atoms with van der Waals surface area (Å²) in [5.74, 6) is -3.65. The van der Waals surface area contributed by atoms with Gasteiger partial charge in [-0.3, -0.25) is 14.2 Å². The van der Waals surface area contributed by atoms with E-state index in [0.29, 0.717) is 11.2 Å². The molecule has 0 aliphatic carbocycles. The van der Waals surface area contributed by atoms with E-state index >= 15 is 0 Å². The lowest BCUT2D eigenvalue weighted by Gasteiger charge is -2.30. The van der Waals surface area contributed by atoms with E-state index in [-0.39, 0.29) is 34.2 Å². The maximum absolute atomic E-state index is 13.5. The second-order valence-electron chi connectivity index (χ2n) is 9.08. The predicted molar refractivity (Wildman–Crippen MR) is 141 cm³/mol. The first-order valence-electron chi connectivity index (χ1n) is 11.9. The molecule has 0 unspecified atom stereocenters. The highest BCUT2D eigenvalue weighted by Gasteiger charge is 2.39. The monoisotopic (exact) mass is 564 g/mol. The number of hydrogen-bond donors (Lipinski definition) is 6. The Kier molecular flexibility index (Phi) is 7.17. The van der Waals surface area contributed by atoms with Crippen molar-refractivity contribution in [2.24, 2.45) is 0 Å². The van der Waals surface area contributed by atoms with E-state index in [1.165, 1.54) is 36.7 Å². The van der Waals surface area contributed by atoms with Crippen LogP contribution in [-0.2, 0) is 15.8 Å². The molecule has 2 aromatic heterocycles. The Hall–Kier alpha value is -4.49. The second kappa shape index (κ2) is 10.6. The number of nitrogens with zero attached hydrogens (tertiary/aromatic N) is 2. The van der Waals surface area contributed by atoms with Crippen molar-refractivity contribution in [1.82, 2.24) is 20.0 Å². The van der Waals surface area contributed by atoms with Gasteiger partial charge in [-0.15, -0.1) is 0 Å². The van der Waals surface area contributed by atoms with Crippen LogP contribution >= 0.6 is 7.60 Å². The van der Waals surface area contributed by atoms with Crippen LogP contribution in [0.4, 0.5) is 0 Å². The van der Waals surface area contributed by atoms with Crippen molar-refractivity contribution in [3.8, 4) is 5.75 Å². The Balaban J connectivity index is 1.42. The summed E-state index contributed by atoms with van der Waals surface area (Å²) < 4.78 is 18.7. The van der Waals surface area contributed by atoms with Crippen LogP contribution in [0.2, 0.25) is 0 Å². The minimum Gasteiger partial charge on any atom is -0.534 e. The van der Waals surface area contributed by atoms with Crippen molar-refractivity contribution < 1.29 is 43.5 Å². The molecule has 0 spiro atoms. The van der Waals surface area contributed by atoms with Gasteiger partial charge in [-0.25, -0.2) is 9.78 Å². The van der Waals surface area contributed by atoms with Crippen LogP contribution in [0.25, 0.3) is 5.65 Å². The third kappa shape index (κ3) is 5.47. The fourth-order valence-corrected chi connectivity index (χ4v) is 4.93. The van der Waals surface area contributed by atoms with E-state index in [1.807, 2.05) is 0 Å². The molecule has 6 N–H and O–H groups in total. The minimum absolute atomic E-state index is 0.00113. The van der Waals surface area contributed by atoms with Gasteiger partial charge < -0.3 is 39.6 Å². The van der Waals surface area contributed by atoms with Crippen molar-refractivity contribution >= 4 is 43.4 Å².